The predicted octanol–water partition coefficient (Wildman–Crippen LogP) is 3.95. The van der Waals surface area contributed by atoms with Gasteiger partial charge in [-0.25, -0.2) is 0 Å². The summed E-state index contributed by atoms with van der Waals surface area (Å²) in [6.45, 7) is 14.3. The molecule has 1 rings (SSSR count). The molecule has 0 fully saturated rings. The minimum absolute atomic E-state index is 0.374. The SMILES string of the molecule is CC(C)C(C)(C)C1=CC=C[Si]1(C)C. The Bertz CT molecular complexity index is 254. The van der Waals surface area contributed by atoms with E-state index >= 15 is 0 Å². The largest absolute Gasteiger partial charge is 0.0997 e. The van der Waals surface area contributed by atoms with E-state index < -0.39 is 8.07 Å². The maximum absolute atomic E-state index is 2.44. The molecule has 74 valence electrons. The van der Waals surface area contributed by atoms with Gasteiger partial charge in [-0.1, -0.05) is 63.8 Å². The molecule has 0 aromatic heterocycles. The van der Waals surface area contributed by atoms with Crippen LogP contribution in [0.15, 0.2) is 23.0 Å². The quantitative estimate of drug-likeness (QED) is 0.584. The first-order valence-electron chi connectivity index (χ1n) is 5.19. The minimum Gasteiger partial charge on any atom is -0.0905 e. The third-order valence-electron chi connectivity index (χ3n) is 3.61. The van der Waals surface area contributed by atoms with Crippen molar-refractivity contribution in [1.82, 2.24) is 0 Å². The highest BCUT2D eigenvalue weighted by atomic mass is 28.3. The lowest BCUT2D eigenvalue weighted by Gasteiger charge is -2.37. The van der Waals surface area contributed by atoms with E-state index in [1.807, 2.05) is 0 Å². The average Bonchev–Trinajstić information content (AvgIpc) is 2.29. The fourth-order valence-electron chi connectivity index (χ4n) is 2.05. The van der Waals surface area contributed by atoms with Crippen molar-refractivity contribution in [3.8, 4) is 0 Å². The molecule has 0 spiro atoms. The third kappa shape index (κ3) is 1.80. The summed E-state index contributed by atoms with van der Waals surface area (Å²) in [6, 6.07) is 0. The lowest BCUT2D eigenvalue weighted by molar-refractivity contribution is 0.322. The molecule has 0 nitrogen and oxygen atoms in total. The zero-order chi connectivity index (χ0) is 10.3. The van der Waals surface area contributed by atoms with Crippen LogP contribution in [0.2, 0.25) is 13.1 Å². The summed E-state index contributed by atoms with van der Waals surface area (Å²) in [6.07, 6.45) is 4.61. The van der Waals surface area contributed by atoms with Crippen LogP contribution in [0.25, 0.3) is 0 Å². The molecule has 0 aromatic carbocycles. The van der Waals surface area contributed by atoms with E-state index in [2.05, 4.69) is 58.6 Å². The Hall–Kier alpha value is -0.303. The molecular weight excluding hydrogens is 172 g/mol. The zero-order valence-corrected chi connectivity index (χ0v) is 10.8. The molecule has 0 N–H and O–H groups in total. The third-order valence-corrected chi connectivity index (χ3v) is 6.83. The summed E-state index contributed by atoms with van der Waals surface area (Å²) in [5, 5.41) is 1.70. The van der Waals surface area contributed by atoms with Crippen LogP contribution in [0.1, 0.15) is 27.7 Å². The van der Waals surface area contributed by atoms with Crippen LogP contribution in [-0.4, -0.2) is 8.07 Å². The van der Waals surface area contributed by atoms with Crippen molar-refractivity contribution < 1.29 is 0 Å². The van der Waals surface area contributed by atoms with E-state index in [0.29, 0.717) is 5.41 Å². The Kier molecular flexibility index (Phi) is 2.59. The molecule has 0 saturated heterocycles. The maximum Gasteiger partial charge on any atom is 0.0997 e. The van der Waals surface area contributed by atoms with Gasteiger partial charge in [-0.05, 0) is 11.3 Å². The summed E-state index contributed by atoms with van der Waals surface area (Å²) < 4.78 is 0. The van der Waals surface area contributed by atoms with Crippen LogP contribution in [0.5, 0.6) is 0 Å². The number of hydrogen-bond acceptors (Lipinski definition) is 0. The second-order valence-corrected chi connectivity index (χ2v) is 9.85. The molecule has 1 heterocycles. The number of hydrogen-bond donors (Lipinski definition) is 0. The summed E-state index contributed by atoms with van der Waals surface area (Å²) in [7, 11) is -1.19. The Morgan fingerprint density at radius 2 is 1.77 bits per heavy atom. The summed E-state index contributed by atoms with van der Waals surface area (Å²) >= 11 is 0. The Labute approximate surface area is 83.7 Å². The first-order chi connectivity index (χ1) is 5.78. The Morgan fingerprint density at radius 1 is 1.23 bits per heavy atom. The molecule has 1 aliphatic heterocycles. The van der Waals surface area contributed by atoms with Crippen molar-refractivity contribution in [2.24, 2.45) is 11.3 Å². The Morgan fingerprint density at radius 3 is 2.08 bits per heavy atom. The van der Waals surface area contributed by atoms with Crippen molar-refractivity contribution in [1.29, 1.82) is 0 Å². The second-order valence-electron chi connectivity index (χ2n) is 5.54. The van der Waals surface area contributed by atoms with Gasteiger partial charge in [0.2, 0.25) is 0 Å². The molecule has 13 heavy (non-hydrogen) atoms. The van der Waals surface area contributed by atoms with E-state index in [-0.39, 0.29) is 0 Å². The molecule has 0 unspecified atom stereocenters. The monoisotopic (exact) mass is 194 g/mol. The van der Waals surface area contributed by atoms with Gasteiger partial charge in [0.25, 0.3) is 0 Å². The number of allylic oxidation sites excluding steroid dienone is 3. The smallest absolute Gasteiger partial charge is 0.0905 e. The topological polar surface area (TPSA) is 0 Å². The minimum atomic E-state index is -1.19. The summed E-state index contributed by atoms with van der Waals surface area (Å²) in [5.74, 6) is 0.727. The van der Waals surface area contributed by atoms with Gasteiger partial charge in [0.15, 0.2) is 0 Å². The fourth-order valence-corrected chi connectivity index (χ4v) is 5.28. The zero-order valence-electron chi connectivity index (χ0n) is 9.81. The standard InChI is InChI=1S/C12H22Si/c1-10(2)12(3,4)11-8-7-9-13(11,5)6/h7-10H,1-6H3. The second kappa shape index (κ2) is 3.12. The molecule has 0 amide bonds. The highest BCUT2D eigenvalue weighted by Gasteiger charge is 2.37. The van der Waals surface area contributed by atoms with Gasteiger partial charge in [-0.2, -0.15) is 0 Å². The van der Waals surface area contributed by atoms with Crippen molar-refractivity contribution in [2.75, 3.05) is 0 Å². The van der Waals surface area contributed by atoms with Gasteiger partial charge in [-0.15, -0.1) is 0 Å². The summed E-state index contributed by atoms with van der Waals surface area (Å²) in [4.78, 5) is 0. The van der Waals surface area contributed by atoms with Gasteiger partial charge in [-0.3, -0.25) is 0 Å². The molecule has 0 atom stereocenters. The van der Waals surface area contributed by atoms with Crippen LogP contribution >= 0.6 is 0 Å². The van der Waals surface area contributed by atoms with Crippen LogP contribution < -0.4 is 0 Å². The molecule has 0 bridgehead atoms. The highest BCUT2D eigenvalue weighted by Crippen LogP contribution is 2.42. The molecular formula is C12H22Si. The Balaban J connectivity index is 2.98. The van der Waals surface area contributed by atoms with E-state index in [0.717, 1.165) is 5.92 Å². The van der Waals surface area contributed by atoms with E-state index in [9.17, 15) is 0 Å². The van der Waals surface area contributed by atoms with Gasteiger partial charge in [0.1, 0.15) is 0 Å². The first-order valence-corrected chi connectivity index (χ1v) is 8.26. The van der Waals surface area contributed by atoms with Crippen molar-refractivity contribution in [3.05, 3.63) is 23.0 Å². The van der Waals surface area contributed by atoms with Gasteiger partial charge < -0.3 is 0 Å². The predicted molar refractivity (Wildman–Crippen MR) is 63.3 cm³/mol. The summed E-state index contributed by atoms with van der Waals surface area (Å²) in [5.41, 5.74) is 2.81. The molecule has 1 aliphatic rings. The first kappa shape index (κ1) is 10.8. The molecule has 0 radical (unpaired) electrons. The maximum atomic E-state index is 2.44. The number of rotatable bonds is 2. The lowest BCUT2D eigenvalue weighted by atomic mass is 9.80. The van der Waals surface area contributed by atoms with Crippen LogP contribution in [-0.2, 0) is 0 Å². The van der Waals surface area contributed by atoms with Crippen molar-refractivity contribution in [3.63, 3.8) is 0 Å². The van der Waals surface area contributed by atoms with Gasteiger partial charge >= 0.3 is 0 Å². The average molecular weight is 194 g/mol. The van der Waals surface area contributed by atoms with Crippen LogP contribution in [0.4, 0.5) is 0 Å². The van der Waals surface area contributed by atoms with Gasteiger partial charge in [0.05, 0.1) is 8.07 Å². The van der Waals surface area contributed by atoms with Crippen LogP contribution in [0, 0.1) is 11.3 Å². The van der Waals surface area contributed by atoms with Crippen molar-refractivity contribution >= 4 is 8.07 Å². The molecule has 0 saturated carbocycles. The molecule has 0 aliphatic carbocycles. The van der Waals surface area contributed by atoms with E-state index in [1.165, 1.54) is 0 Å². The normalized spacial score (nSPS) is 21.0. The fraction of sp³-hybridized carbons (Fsp3) is 0.667. The van der Waals surface area contributed by atoms with E-state index in [1.54, 1.807) is 5.20 Å². The lowest BCUT2D eigenvalue weighted by Crippen LogP contribution is -2.36. The molecule has 1 heteroatoms. The van der Waals surface area contributed by atoms with Crippen LogP contribution in [0.3, 0.4) is 0 Å². The molecule has 0 aromatic rings. The van der Waals surface area contributed by atoms with Gasteiger partial charge in [0, 0.05) is 0 Å². The van der Waals surface area contributed by atoms with Crippen molar-refractivity contribution in [2.45, 2.75) is 40.8 Å². The highest BCUT2D eigenvalue weighted by molar-refractivity contribution is 6.89. The van der Waals surface area contributed by atoms with E-state index in [4.69, 9.17) is 0 Å².